The zero-order chi connectivity index (χ0) is 14.6. The van der Waals surface area contributed by atoms with Gasteiger partial charge in [-0.2, -0.15) is 0 Å². The number of nitrogens with zero attached hydrogens (tertiary/aromatic N) is 3. The third-order valence-corrected chi connectivity index (χ3v) is 4.34. The molecule has 0 amide bonds. The number of fused-ring (bicyclic) bond motifs is 1. The van der Waals surface area contributed by atoms with Crippen LogP contribution in [0.2, 0.25) is 5.02 Å². The predicted octanol–water partition coefficient (Wildman–Crippen LogP) is 3.98. The van der Waals surface area contributed by atoms with Gasteiger partial charge in [0.25, 0.3) is 0 Å². The summed E-state index contributed by atoms with van der Waals surface area (Å²) in [5, 5.41) is 1.62. The molecule has 5 heteroatoms. The normalized spacial score (nSPS) is 14.8. The van der Waals surface area contributed by atoms with Crippen molar-refractivity contribution in [3.63, 3.8) is 0 Å². The fraction of sp³-hybridized carbons (Fsp3) is 0.250. The molecule has 2 heterocycles. The summed E-state index contributed by atoms with van der Waals surface area (Å²) >= 11 is 6.26. The molecule has 1 aliphatic carbocycles. The molecule has 0 radical (unpaired) electrons. The van der Waals surface area contributed by atoms with Crippen molar-refractivity contribution in [2.45, 2.75) is 25.8 Å². The van der Waals surface area contributed by atoms with Crippen LogP contribution < -0.4 is 5.73 Å². The van der Waals surface area contributed by atoms with E-state index in [1.807, 2.05) is 31.2 Å². The van der Waals surface area contributed by atoms with E-state index in [2.05, 4.69) is 14.5 Å². The van der Waals surface area contributed by atoms with Gasteiger partial charge in [0.1, 0.15) is 17.3 Å². The molecule has 1 saturated carbocycles. The standard InChI is InChI=1S/C16H15ClN4/c1-9-20-15(16(18)21(9)10-4-5-10)12-6-7-13(17)11-3-2-8-19-14(11)12/h2-3,6-8,10H,4-5,18H2,1H3. The molecule has 4 rings (SSSR count). The number of rotatable bonds is 2. The Morgan fingerprint density at radius 1 is 1.29 bits per heavy atom. The maximum Gasteiger partial charge on any atom is 0.132 e. The second-order valence-electron chi connectivity index (χ2n) is 5.49. The molecule has 0 spiro atoms. The van der Waals surface area contributed by atoms with Crippen molar-refractivity contribution in [1.82, 2.24) is 14.5 Å². The van der Waals surface area contributed by atoms with Crippen LogP contribution in [-0.4, -0.2) is 14.5 Å². The summed E-state index contributed by atoms with van der Waals surface area (Å²) in [6.07, 6.45) is 4.13. The Morgan fingerprint density at radius 2 is 2.10 bits per heavy atom. The van der Waals surface area contributed by atoms with Crippen molar-refractivity contribution >= 4 is 28.3 Å². The minimum Gasteiger partial charge on any atom is -0.383 e. The third-order valence-electron chi connectivity index (χ3n) is 4.01. The van der Waals surface area contributed by atoms with Gasteiger partial charge in [-0.15, -0.1) is 0 Å². The average Bonchev–Trinajstić information content (AvgIpc) is 3.26. The van der Waals surface area contributed by atoms with Crippen LogP contribution >= 0.6 is 11.6 Å². The molecule has 2 N–H and O–H groups in total. The van der Waals surface area contributed by atoms with E-state index >= 15 is 0 Å². The Hall–Kier alpha value is -2.07. The lowest BCUT2D eigenvalue weighted by atomic mass is 10.1. The summed E-state index contributed by atoms with van der Waals surface area (Å²) in [4.78, 5) is 9.15. The van der Waals surface area contributed by atoms with E-state index in [-0.39, 0.29) is 0 Å². The molecule has 1 aliphatic rings. The lowest BCUT2D eigenvalue weighted by Crippen LogP contribution is -2.02. The van der Waals surface area contributed by atoms with E-state index in [0.717, 1.165) is 33.8 Å². The number of benzene rings is 1. The largest absolute Gasteiger partial charge is 0.383 e. The highest BCUT2D eigenvalue weighted by atomic mass is 35.5. The van der Waals surface area contributed by atoms with Gasteiger partial charge in [-0.25, -0.2) is 4.98 Å². The van der Waals surface area contributed by atoms with Crippen LogP contribution in [0.4, 0.5) is 5.82 Å². The van der Waals surface area contributed by atoms with Gasteiger partial charge < -0.3 is 10.3 Å². The van der Waals surface area contributed by atoms with Gasteiger partial charge in [-0.3, -0.25) is 4.98 Å². The zero-order valence-corrected chi connectivity index (χ0v) is 12.4. The van der Waals surface area contributed by atoms with Crippen molar-refractivity contribution in [2.75, 3.05) is 5.73 Å². The summed E-state index contributed by atoms with van der Waals surface area (Å²) in [6.45, 7) is 2.00. The number of aryl methyl sites for hydroxylation is 1. The van der Waals surface area contributed by atoms with Crippen LogP contribution in [0.15, 0.2) is 30.5 Å². The predicted molar refractivity (Wildman–Crippen MR) is 85.4 cm³/mol. The second kappa shape index (κ2) is 4.46. The van der Waals surface area contributed by atoms with E-state index in [1.54, 1.807) is 6.20 Å². The molecule has 3 aromatic rings. The molecule has 0 bridgehead atoms. The molecular weight excluding hydrogens is 284 g/mol. The summed E-state index contributed by atoms with van der Waals surface area (Å²) < 4.78 is 2.14. The Labute approximate surface area is 127 Å². The number of nitrogen functional groups attached to an aromatic ring is 1. The molecule has 1 aromatic carbocycles. The van der Waals surface area contributed by atoms with Gasteiger partial charge in [0.2, 0.25) is 0 Å². The van der Waals surface area contributed by atoms with Crippen molar-refractivity contribution < 1.29 is 0 Å². The summed E-state index contributed by atoms with van der Waals surface area (Å²) in [5.74, 6) is 1.69. The van der Waals surface area contributed by atoms with Gasteiger partial charge in [0.15, 0.2) is 0 Å². The van der Waals surface area contributed by atoms with Crippen molar-refractivity contribution in [1.29, 1.82) is 0 Å². The maximum absolute atomic E-state index is 6.35. The number of hydrogen-bond acceptors (Lipinski definition) is 3. The Kier molecular flexibility index (Phi) is 2.69. The average molecular weight is 299 g/mol. The minimum atomic E-state index is 0.512. The Bertz CT molecular complexity index is 849. The van der Waals surface area contributed by atoms with Gasteiger partial charge >= 0.3 is 0 Å². The second-order valence-corrected chi connectivity index (χ2v) is 5.90. The third kappa shape index (κ3) is 1.90. The maximum atomic E-state index is 6.35. The molecule has 1 fully saturated rings. The lowest BCUT2D eigenvalue weighted by Gasteiger charge is -2.07. The van der Waals surface area contributed by atoms with Crippen LogP contribution in [-0.2, 0) is 0 Å². The van der Waals surface area contributed by atoms with Crippen LogP contribution in [0.1, 0.15) is 24.7 Å². The van der Waals surface area contributed by atoms with E-state index in [1.165, 1.54) is 12.8 Å². The summed E-state index contributed by atoms with van der Waals surface area (Å²) in [7, 11) is 0. The first kappa shape index (κ1) is 12.7. The van der Waals surface area contributed by atoms with Crippen molar-refractivity contribution in [3.05, 3.63) is 41.3 Å². The summed E-state index contributed by atoms with van der Waals surface area (Å²) in [5.41, 5.74) is 8.94. The first-order valence-corrected chi connectivity index (χ1v) is 7.42. The highest BCUT2D eigenvalue weighted by Gasteiger charge is 2.29. The monoisotopic (exact) mass is 298 g/mol. The molecule has 4 nitrogen and oxygen atoms in total. The van der Waals surface area contributed by atoms with Gasteiger partial charge in [-0.05, 0) is 44.0 Å². The number of imidazole rings is 1. The highest BCUT2D eigenvalue weighted by molar-refractivity contribution is 6.35. The van der Waals surface area contributed by atoms with E-state index in [0.29, 0.717) is 11.1 Å². The van der Waals surface area contributed by atoms with Crippen LogP contribution in [0.3, 0.4) is 0 Å². The molecule has 2 aromatic heterocycles. The summed E-state index contributed by atoms with van der Waals surface area (Å²) in [6, 6.07) is 8.20. The topological polar surface area (TPSA) is 56.7 Å². The fourth-order valence-corrected chi connectivity index (χ4v) is 3.10. The minimum absolute atomic E-state index is 0.512. The number of anilines is 1. The van der Waals surface area contributed by atoms with Crippen LogP contribution in [0.25, 0.3) is 22.2 Å². The fourth-order valence-electron chi connectivity index (χ4n) is 2.88. The molecular formula is C16H15ClN4. The van der Waals surface area contributed by atoms with Crippen molar-refractivity contribution in [2.24, 2.45) is 0 Å². The zero-order valence-electron chi connectivity index (χ0n) is 11.7. The van der Waals surface area contributed by atoms with Crippen LogP contribution in [0.5, 0.6) is 0 Å². The quantitative estimate of drug-likeness (QED) is 0.778. The smallest absolute Gasteiger partial charge is 0.132 e. The molecule has 21 heavy (non-hydrogen) atoms. The molecule has 0 unspecified atom stereocenters. The van der Waals surface area contributed by atoms with Gasteiger partial charge in [-0.1, -0.05) is 11.6 Å². The van der Waals surface area contributed by atoms with E-state index < -0.39 is 0 Å². The number of pyridine rings is 1. The van der Waals surface area contributed by atoms with Gasteiger partial charge in [0.05, 0.1) is 10.5 Å². The Morgan fingerprint density at radius 3 is 2.86 bits per heavy atom. The molecule has 0 aliphatic heterocycles. The Balaban J connectivity index is 1.99. The van der Waals surface area contributed by atoms with E-state index in [9.17, 15) is 0 Å². The number of hydrogen-bond donors (Lipinski definition) is 1. The molecule has 0 atom stereocenters. The molecule has 0 saturated heterocycles. The molecule has 106 valence electrons. The van der Waals surface area contributed by atoms with Gasteiger partial charge in [0, 0.05) is 23.2 Å². The lowest BCUT2D eigenvalue weighted by molar-refractivity contribution is 0.720. The first-order valence-electron chi connectivity index (χ1n) is 7.04. The number of halogens is 1. The number of aromatic nitrogens is 3. The van der Waals surface area contributed by atoms with E-state index in [4.69, 9.17) is 17.3 Å². The highest BCUT2D eigenvalue weighted by Crippen LogP contribution is 2.42. The van der Waals surface area contributed by atoms with Crippen molar-refractivity contribution in [3.8, 4) is 11.3 Å². The van der Waals surface area contributed by atoms with Crippen LogP contribution in [0, 0.1) is 6.92 Å². The SMILES string of the molecule is Cc1nc(-c2ccc(Cl)c3cccnc23)c(N)n1C1CC1. The number of nitrogens with two attached hydrogens (primary N) is 1. The first-order chi connectivity index (χ1) is 10.2.